The van der Waals surface area contributed by atoms with Gasteiger partial charge < -0.3 is 5.11 Å². The van der Waals surface area contributed by atoms with E-state index in [-0.39, 0.29) is 5.92 Å². The van der Waals surface area contributed by atoms with Gasteiger partial charge in [-0.15, -0.1) is 0 Å². The molecule has 0 spiro atoms. The molecule has 0 saturated carbocycles. The lowest BCUT2D eigenvalue weighted by atomic mass is 10.0. The van der Waals surface area contributed by atoms with E-state index in [1.54, 1.807) is 0 Å². The number of aliphatic carboxylic acids is 1. The van der Waals surface area contributed by atoms with Crippen LogP contribution >= 0.6 is 11.1 Å². The van der Waals surface area contributed by atoms with Crippen LogP contribution in [-0.4, -0.2) is 18.5 Å². The van der Waals surface area contributed by atoms with E-state index in [0.717, 1.165) is 24.9 Å². The van der Waals surface area contributed by atoms with E-state index >= 15 is 0 Å². The number of carbonyl (C=O) groups is 1. The van der Waals surface area contributed by atoms with E-state index in [2.05, 4.69) is 6.92 Å². The van der Waals surface area contributed by atoms with Crippen molar-refractivity contribution in [2.24, 2.45) is 5.92 Å². The van der Waals surface area contributed by atoms with Gasteiger partial charge in [0, 0.05) is 0 Å². The van der Waals surface area contributed by atoms with Crippen molar-refractivity contribution in [1.29, 1.82) is 0 Å². The fraction of sp³-hybridized carbons (Fsp3) is 0.909. The molecule has 0 amide bonds. The van der Waals surface area contributed by atoms with Crippen molar-refractivity contribution in [2.75, 3.05) is 0 Å². The minimum atomic E-state index is -1.55. The molecule has 0 bridgehead atoms. The third-order valence-electron chi connectivity index (χ3n) is 3.46. The Balaban J connectivity index is 2.30. The average Bonchev–Trinajstić information content (AvgIpc) is 2.18. The molecule has 1 N–H and O–H groups in total. The van der Waals surface area contributed by atoms with Gasteiger partial charge in [-0.3, -0.25) is 4.79 Å². The highest BCUT2D eigenvalue weighted by atomic mass is 35.6. The van der Waals surface area contributed by atoms with Crippen LogP contribution in [0.5, 0.6) is 0 Å². The van der Waals surface area contributed by atoms with E-state index in [4.69, 9.17) is 16.2 Å². The van der Waals surface area contributed by atoms with Crippen LogP contribution in [0.25, 0.3) is 0 Å². The van der Waals surface area contributed by atoms with Crippen LogP contribution in [0.15, 0.2) is 0 Å². The van der Waals surface area contributed by atoms with Crippen LogP contribution in [0.1, 0.15) is 39.0 Å². The van der Waals surface area contributed by atoms with E-state index < -0.39 is 13.4 Å². The maximum Gasteiger partial charge on any atom is 0.306 e. The minimum absolute atomic E-state index is 0.115. The van der Waals surface area contributed by atoms with Gasteiger partial charge in [0.05, 0.1) is 5.92 Å². The Labute approximate surface area is 97.7 Å². The predicted molar refractivity (Wildman–Crippen MR) is 65.9 cm³/mol. The molecule has 0 aliphatic carbocycles. The van der Waals surface area contributed by atoms with Gasteiger partial charge in [-0.25, -0.2) is 0 Å². The van der Waals surface area contributed by atoms with Crippen LogP contribution in [0.4, 0.5) is 0 Å². The Morgan fingerprint density at radius 2 is 2.00 bits per heavy atom. The summed E-state index contributed by atoms with van der Waals surface area (Å²) < 4.78 is 0. The zero-order valence-electron chi connectivity index (χ0n) is 9.47. The molecule has 0 aromatic heterocycles. The van der Waals surface area contributed by atoms with Crippen LogP contribution in [0.3, 0.4) is 0 Å². The Hall–Kier alpha value is -0.0231. The highest BCUT2D eigenvalue weighted by molar-refractivity contribution is 7.20. The molecule has 4 heteroatoms. The molecule has 15 heavy (non-hydrogen) atoms. The van der Waals surface area contributed by atoms with Crippen molar-refractivity contribution in [3.63, 3.8) is 0 Å². The number of rotatable bonds is 5. The average molecular weight is 249 g/mol. The summed E-state index contributed by atoms with van der Waals surface area (Å²) in [7, 11) is -1.55. The van der Waals surface area contributed by atoms with Gasteiger partial charge in [0.25, 0.3) is 0 Å². The maximum atomic E-state index is 10.8. The Morgan fingerprint density at radius 3 is 2.47 bits per heavy atom. The van der Waals surface area contributed by atoms with E-state index in [1.165, 1.54) is 25.3 Å². The third-order valence-corrected chi connectivity index (χ3v) is 8.78. The molecular formula is C11H21ClO2Si. The Bertz CT molecular complexity index is 213. The van der Waals surface area contributed by atoms with Crippen LogP contribution in [0, 0.1) is 5.92 Å². The SMILES string of the molecule is CCCCC[Si]1(Cl)CCC(C(=O)O)CC1. The van der Waals surface area contributed by atoms with E-state index in [0.29, 0.717) is 0 Å². The summed E-state index contributed by atoms with van der Waals surface area (Å²) in [5.41, 5.74) is 0. The van der Waals surface area contributed by atoms with Crippen LogP contribution < -0.4 is 0 Å². The van der Waals surface area contributed by atoms with Gasteiger partial charge in [-0.05, 0) is 31.0 Å². The summed E-state index contributed by atoms with van der Waals surface area (Å²) in [6, 6.07) is 3.21. The smallest absolute Gasteiger partial charge is 0.306 e. The maximum absolute atomic E-state index is 10.8. The molecule has 1 fully saturated rings. The van der Waals surface area contributed by atoms with Crippen LogP contribution in [-0.2, 0) is 4.79 Å². The third kappa shape index (κ3) is 4.15. The number of hydrogen-bond donors (Lipinski definition) is 1. The van der Waals surface area contributed by atoms with Crippen molar-refractivity contribution >= 4 is 24.4 Å². The highest BCUT2D eigenvalue weighted by Crippen LogP contribution is 2.39. The van der Waals surface area contributed by atoms with Crippen LogP contribution in [0.2, 0.25) is 18.1 Å². The first-order chi connectivity index (χ1) is 7.07. The standard InChI is InChI=1S/C11H21ClO2Si/c1-2-3-4-7-15(12)8-5-10(6-9-15)11(13)14/h10H,2-9H2,1H3,(H,13,14). The lowest BCUT2D eigenvalue weighted by molar-refractivity contribution is -0.142. The summed E-state index contributed by atoms with van der Waals surface area (Å²) in [4.78, 5) is 10.8. The Morgan fingerprint density at radius 1 is 1.40 bits per heavy atom. The topological polar surface area (TPSA) is 37.3 Å². The molecule has 0 aromatic rings. The molecule has 2 nitrogen and oxygen atoms in total. The fourth-order valence-electron chi connectivity index (χ4n) is 2.32. The zero-order valence-corrected chi connectivity index (χ0v) is 11.2. The molecule has 1 aliphatic heterocycles. The second kappa shape index (κ2) is 5.90. The fourth-order valence-corrected chi connectivity index (χ4v) is 6.74. The molecule has 1 heterocycles. The van der Waals surface area contributed by atoms with Crippen molar-refractivity contribution in [3.8, 4) is 0 Å². The lowest BCUT2D eigenvalue weighted by Crippen LogP contribution is -2.34. The van der Waals surface area contributed by atoms with Crippen molar-refractivity contribution in [2.45, 2.75) is 57.2 Å². The second-order valence-electron chi connectivity index (χ2n) is 4.72. The van der Waals surface area contributed by atoms with Gasteiger partial charge >= 0.3 is 5.97 Å². The first kappa shape index (κ1) is 13.0. The zero-order chi connectivity index (χ0) is 11.3. The van der Waals surface area contributed by atoms with Gasteiger partial charge in [-0.2, -0.15) is 11.1 Å². The number of carboxylic acid groups (broad SMARTS) is 1. The van der Waals surface area contributed by atoms with E-state index in [1.807, 2.05) is 0 Å². The molecule has 1 rings (SSSR count). The quantitative estimate of drug-likeness (QED) is 0.456. The van der Waals surface area contributed by atoms with Gasteiger partial charge in [0.1, 0.15) is 0 Å². The van der Waals surface area contributed by atoms with Crippen molar-refractivity contribution < 1.29 is 9.90 Å². The molecule has 0 atom stereocenters. The molecule has 1 aliphatic rings. The van der Waals surface area contributed by atoms with Gasteiger partial charge in [-0.1, -0.05) is 26.2 Å². The lowest BCUT2D eigenvalue weighted by Gasteiger charge is -2.31. The first-order valence-electron chi connectivity index (χ1n) is 5.99. The molecule has 0 aromatic carbocycles. The molecule has 0 unspecified atom stereocenters. The monoisotopic (exact) mass is 248 g/mol. The van der Waals surface area contributed by atoms with Crippen molar-refractivity contribution in [1.82, 2.24) is 0 Å². The molecular weight excluding hydrogens is 228 g/mol. The number of hydrogen-bond acceptors (Lipinski definition) is 1. The summed E-state index contributed by atoms with van der Waals surface area (Å²) >= 11 is 6.63. The second-order valence-corrected chi connectivity index (χ2v) is 10.9. The summed E-state index contributed by atoms with van der Waals surface area (Å²) in [5, 5.41) is 8.89. The number of carboxylic acids is 1. The largest absolute Gasteiger partial charge is 0.481 e. The van der Waals surface area contributed by atoms with Crippen molar-refractivity contribution in [3.05, 3.63) is 0 Å². The molecule has 88 valence electrons. The summed E-state index contributed by atoms with van der Waals surface area (Å²) in [5.74, 6) is -0.744. The summed E-state index contributed by atoms with van der Waals surface area (Å²) in [6.07, 6.45) is 5.38. The van der Waals surface area contributed by atoms with E-state index in [9.17, 15) is 4.79 Å². The molecule has 1 saturated heterocycles. The number of unbranched alkanes of at least 4 members (excludes halogenated alkanes) is 2. The molecule has 0 radical (unpaired) electrons. The minimum Gasteiger partial charge on any atom is -0.481 e. The van der Waals surface area contributed by atoms with Gasteiger partial charge in [0.2, 0.25) is 0 Å². The first-order valence-corrected chi connectivity index (χ1v) is 9.62. The summed E-state index contributed by atoms with van der Waals surface area (Å²) in [6.45, 7) is 2.20. The Kier molecular flexibility index (Phi) is 5.13. The highest BCUT2D eigenvalue weighted by Gasteiger charge is 2.37. The number of halogens is 1. The van der Waals surface area contributed by atoms with Gasteiger partial charge in [0.15, 0.2) is 7.38 Å². The normalized spacial score (nSPS) is 31.5. The predicted octanol–water partition coefficient (Wildman–Crippen LogP) is 3.86.